The Balaban J connectivity index is 2.41. The van der Waals surface area contributed by atoms with Gasteiger partial charge in [-0.05, 0) is 31.1 Å². The second-order valence-corrected chi connectivity index (χ2v) is 5.04. The number of fused-ring (bicyclic) bond motifs is 3. The van der Waals surface area contributed by atoms with E-state index in [1.165, 1.54) is 21.8 Å². The van der Waals surface area contributed by atoms with Crippen LogP contribution in [0.2, 0.25) is 0 Å². The van der Waals surface area contributed by atoms with Gasteiger partial charge in [-0.25, -0.2) is 0 Å². The summed E-state index contributed by atoms with van der Waals surface area (Å²) >= 11 is 0. The first-order valence-corrected chi connectivity index (χ1v) is 6.75. The molecule has 2 nitrogen and oxygen atoms in total. The fourth-order valence-electron chi connectivity index (χ4n) is 2.64. The van der Waals surface area contributed by atoms with Crippen LogP contribution in [-0.4, -0.2) is 9.55 Å². The fraction of sp³-hybridized carbons (Fsp3) is 0.235. The van der Waals surface area contributed by atoms with Crippen molar-refractivity contribution in [3.05, 3.63) is 48.8 Å². The molecule has 0 N–H and O–H groups in total. The third kappa shape index (κ3) is 1.84. The van der Waals surface area contributed by atoms with Gasteiger partial charge in [-0.2, -0.15) is 0 Å². The molecule has 0 unspecified atom stereocenters. The second kappa shape index (κ2) is 4.54. The molecule has 0 saturated carbocycles. The summed E-state index contributed by atoms with van der Waals surface area (Å²) < 4.78 is 2.36. The predicted molar refractivity (Wildman–Crippen MR) is 82.2 cm³/mol. The Morgan fingerprint density at radius 3 is 2.74 bits per heavy atom. The lowest BCUT2D eigenvalue weighted by Crippen LogP contribution is -1.96. The van der Waals surface area contributed by atoms with Gasteiger partial charge in [-0.15, -0.1) is 0 Å². The highest BCUT2D eigenvalue weighted by atomic mass is 15.0. The smallest absolute Gasteiger partial charge is 0.0678 e. The topological polar surface area (TPSA) is 17.8 Å². The lowest BCUT2D eigenvalue weighted by molar-refractivity contribution is 0.723. The highest BCUT2D eigenvalue weighted by molar-refractivity contribution is 6.08. The number of hydrogen-bond acceptors (Lipinski definition) is 1. The number of nitrogens with zero attached hydrogens (tertiary/aromatic N) is 2. The van der Waals surface area contributed by atoms with E-state index >= 15 is 0 Å². The van der Waals surface area contributed by atoms with Gasteiger partial charge < -0.3 is 4.57 Å². The first kappa shape index (κ1) is 12.0. The highest BCUT2D eigenvalue weighted by Crippen LogP contribution is 2.30. The first-order valence-electron chi connectivity index (χ1n) is 6.75. The van der Waals surface area contributed by atoms with Gasteiger partial charge in [0.25, 0.3) is 0 Å². The minimum Gasteiger partial charge on any atom is -0.339 e. The van der Waals surface area contributed by atoms with Crippen molar-refractivity contribution in [1.29, 1.82) is 0 Å². The van der Waals surface area contributed by atoms with Crippen molar-refractivity contribution in [2.75, 3.05) is 0 Å². The molecule has 0 saturated heterocycles. The zero-order chi connectivity index (χ0) is 13.4. The molecule has 3 aromatic rings. The van der Waals surface area contributed by atoms with E-state index in [-0.39, 0.29) is 0 Å². The van der Waals surface area contributed by atoms with Crippen LogP contribution in [0.1, 0.15) is 26.0 Å². The molecule has 2 aromatic heterocycles. The summed E-state index contributed by atoms with van der Waals surface area (Å²) in [5.74, 6) is 0. The minimum atomic E-state index is 0.979. The molecule has 0 spiro atoms. The molecule has 2 heterocycles. The SMILES string of the molecule is C=C(C)c1cc2c3ccccc3n(CCC)c2cn1. The summed E-state index contributed by atoms with van der Waals surface area (Å²) in [6, 6.07) is 10.7. The van der Waals surface area contributed by atoms with E-state index in [0.29, 0.717) is 0 Å². The van der Waals surface area contributed by atoms with Gasteiger partial charge in [0, 0.05) is 22.8 Å². The Bertz CT molecular complexity index is 765. The van der Waals surface area contributed by atoms with E-state index in [0.717, 1.165) is 24.2 Å². The number of rotatable bonds is 3. The van der Waals surface area contributed by atoms with Gasteiger partial charge >= 0.3 is 0 Å². The van der Waals surface area contributed by atoms with Gasteiger partial charge in [-0.1, -0.05) is 31.7 Å². The molecular formula is C17H18N2. The quantitative estimate of drug-likeness (QED) is 0.662. The Hall–Kier alpha value is -2.09. The van der Waals surface area contributed by atoms with Crippen molar-refractivity contribution in [1.82, 2.24) is 9.55 Å². The van der Waals surface area contributed by atoms with Crippen LogP contribution in [0.5, 0.6) is 0 Å². The molecule has 0 aliphatic carbocycles. The van der Waals surface area contributed by atoms with Crippen molar-refractivity contribution >= 4 is 27.4 Å². The van der Waals surface area contributed by atoms with Crippen molar-refractivity contribution < 1.29 is 0 Å². The van der Waals surface area contributed by atoms with Crippen LogP contribution in [0.25, 0.3) is 27.4 Å². The number of hydrogen-bond donors (Lipinski definition) is 0. The highest BCUT2D eigenvalue weighted by Gasteiger charge is 2.10. The maximum Gasteiger partial charge on any atom is 0.0678 e. The zero-order valence-electron chi connectivity index (χ0n) is 11.5. The van der Waals surface area contributed by atoms with E-state index in [1.807, 2.05) is 13.1 Å². The minimum absolute atomic E-state index is 0.979. The molecule has 0 bridgehead atoms. The Morgan fingerprint density at radius 1 is 1.21 bits per heavy atom. The van der Waals surface area contributed by atoms with Gasteiger partial charge in [0.15, 0.2) is 0 Å². The molecule has 0 aliphatic rings. The maximum atomic E-state index is 4.52. The van der Waals surface area contributed by atoms with Crippen molar-refractivity contribution in [2.45, 2.75) is 26.8 Å². The number of allylic oxidation sites excluding steroid dienone is 1. The van der Waals surface area contributed by atoms with Crippen LogP contribution in [0.3, 0.4) is 0 Å². The molecule has 0 aliphatic heterocycles. The Morgan fingerprint density at radius 2 is 2.00 bits per heavy atom. The van der Waals surface area contributed by atoms with Crippen LogP contribution in [-0.2, 0) is 6.54 Å². The normalized spacial score (nSPS) is 11.3. The third-order valence-electron chi connectivity index (χ3n) is 3.54. The van der Waals surface area contributed by atoms with Gasteiger partial charge in [-0.3, -0.25) is 4.98 Å². The third-order valence-corrected chi connectivity index (χ3v) is 3.54. The van der Waals surface area contributed by atoms with E-state index in [2.05, 4.69) is 53.4 Å². The lowest BCUT2D eigenvalue weighted by Gasteiger charge is -2.05. The number of pyridine rings is 1. The molecule has 96 valence electrons. The van der Waals surface area contributed by atoms with Crippen molar-refractivity contribution in [3.8, 4) is 0 Å². The molecule has 19 heavy (non-hydrogen) atoms. The van der Waals surface area contributed by atoms with Gasteiger partial charge in [0.05, 0.1) is 17.4 Å². The lowest BCUT2D eigenvalue weighted by atomic mass is 10.1. The first-order chi connectivity index (χ1) is 9.22. The average Bonchev–Trinajstić information content (AvgIpc) is 2.74. The largest absolute Gasteiger partial charge is 0.339 e. The Labute approximate surface area is 113 Å². The van der Waals surface area contributed by atoms with Crippen molar-refractivity contribution in [2.24, 2.45) is 0 Å². The van der Waals surface area contributed by atoms with Crippen LogP contribution in [0, 0.1) is 0 Å². The van der Waals surface area contributed by atoms with E-state index in [9.17, 15) is 0 Å². The average molecular weight is 250 g/mol. The number of aryl methyl sites for hydroxylation is 1. The summed E-state index contributed by atoms with van der Waals surface area (Å²) in [5.41, 5.74) is 4.49. The summed E-state index contributed by atoms with van der Waals surface area (Å²) in [6.45, 7) is 9.22. The standard InChI is InChI=1S/C17H18N2/c1-4-9-19-16-8-6-5-7-13(16)14-10-15(12(2)3)18-11-17(14)19/h5-8,10-11H,2,4,9H2,1,3H3. The molecule has 2 heteroatoms. The van der Waals surface area contributed by atoms with E-state index in [1.54, 1.807) is 0 Å². The molecule has 0 radical (unpaired) electrons. The molecule has 0 amide bonds. The number of aromatic nitrogens is 2. The summed E-state index contributed by atoms with van der Waals surface area (Å²) in [5, 5.41) is 2.58. The predicted octanol–water partition coefficient (Wildman–Crippen LogP) is 4.63. The molecule has 0 atom stereocenters. The Kier molecular flexibility index (Phi) is 2.86. The van der Waals surface area contributed by atoms with E-state index < -0.39 is 0 Å². The van der Waals surface area contributed by atoms with E-state index in [4.69, 9.17) is 0 Å². The van der Waals surface area contributed by atoms with Crippen LogP contribution < -0.4 is 0 Å². The molecule has 3 rings (SSSR count). The van der Waals surface area contributed by atoms with Crippen molar-refractivity contribution in [3.63, 3.8) is 0 Å². The van der Waals surface area contributed by atoms with Gasteiger partial charge in [0.2, 0.25) is 0 Å². The number of para-hydroxylation sites is 1. The van der Waals surface area contributed by atoms with Crippen LogP contribution in [0.15, 0.2) is 43.1 Å². The summed E-state index contributed by atoms with van der Waals surface area (Å²) in [4.78, 5) is 4.52. The zero-order valence-corrected chi connectivity index (χ0v) is 11.5. The molecule has 1 aromatic carbocycles. The monoisotopic (exact) mass is 250 g/mol. The summed E-state index contributed by atoms with van der Waals surface area (Å²) in [6.07, 6.45) is 3.10. The fourth-order valence-corrected chi connectivity index (χ4v) is 2.64. The second-order valence-electron chi connectivity index (χ2n) is 5.04. The van der Waals surface area contributed by atoms with Gasteiger partial charge in [0.1, 0.15) is 0 Å². The van der Waals surface area contributed by atoms with Crippen LogP contribution in [0.4, 0.5) is 0 Å². The van der Waals surface area contributed by atoms with Crippen LogP contribution >= 0.6 is 0 Å². The maximum absolute atomic E-state index is 4.52. The molecular weight excluding hydrogens is 232 g/mol. The number of benzene rings is 1. The summed E-state index contributed by atoms with van der Waals surface area (Å²) in [7, 11) is 0. The molecule has 0 fully saturated rings.